The van der Waals surface area contributed by atoms with Gasteiger partial charge in [0.25, 0.3) is 0 Å². The van der Waals surface area contributed by atoms with Crippen molar-refractivity contribution in [2.24, 2.45) is 0 Å². The van der Waals surface area contributed by atoms with E-state index in [0.29, 0.717) is 5.33 Å². The molecule has 0 amide bonds. The van der Waals surface area contributed by atoms with Crippen LogP contribution in [0.2, 0.25) is 0 Å². The number of Topliss-reactive ketones (excluding diaryl/α,β-unsaturated/α-hetero) is 1. The van der Waals surface area contributed by atoms with E-state index in [1.807, 2.05) is 18.2 Å². The molecule has 0 radical (unpaired) electrons. The van der Waals surface area contributed by atoms with Crippen molar-refractivity contribution in [2.45, 2.75) is 19.8 Å². The van der Waals surface area contributed by atoms with E-state index < -0.39 is 0 Å². The minimum Gasteiger partial charge on any atom is -0.293 e. The highest BCUT2D eigenvalue weighted by Crippen LogP contribution is 2.15. The van der Waals surface area contributed by atoms with Gasteiger partial charge in [0.05, 0.1) is 5.33 Å². The van der Waals surface area contributed by atoms with Gasteiger partial charge in [0.1, 0.15) is 0 Å². The first-order valence-electron chi connectivity index (χ1n) is 4.43. The monoisotopic (exact) mass is 240 g/mol. The lowest BCUT2D eigenvalue weighted by molar-refractivity contribution is -0.112. The van der Waals surface area contributed by atoms with Crippen LogP contribution in [0.4, 0.5) is 0 Å². The van der Waals surface area contributed by atoms with Crippen LogP contribution in [-0.4, -0.2) is 11.1 Å². The number of carbonyl (C=O) groups excluding carboxylic acids is 1. The predicted molar refractivity (Wildman–Crippen MR) is 59.0 cm³/mol. The highest BCUT2D eigenvalue weighted by Gasteiger charge is 2.05. The molecule has 0 saturated carbocycles. The summed E-state index contributed by atoms with van der Waals surface area (Å²) in [5.74, 6) is 0.155. The molecule has 70 valence electrons. The standard InChI is InChI=1S/C11H13BrO/c1-2-9-4-3-5-10(7-6-9)11(13)8-12/h3-5,7H,2,6,8H2,1H3. The largest absolute Gasteiger partial charge is 0.293 e. The number of rotatable bonds is 3. The van der Waals surface area contributed by atoms with Crippen molar-refractivity contribution in [1.82, 2.24) is 0 Å². The van der Waals surface area contributed by atoms with Crippen molar-refractivity contribution in [3.63, 3.8) is 0 Å². The third-order valence-electron chi connectivity index (χ3n) is 2.09. The van der Waals surface area contributed by atoms with Crippen LogP contribution in [-0.2, 0) is 4.79 Å². The molecule has 13 heavy (non-hydrogen) atoms. The van der Waals surface area contributed by atoms with Gasteiger partial charge in [0, 0.05) is 5.57 Å². The first-order chi connectivity index (χ1) is 6.27. The Balaban J connectivity index is 2.74. The van der Waals surface area contributed by atoms with Crippen LogP contribution in [0.25, 0.3) is 0 Å². The van der Waals surface area contributed by atoms with Gasteiger partial charge in [0.15, 0.2) is 5.78 Å². The number of carbonyl (C=O) groups is 1. The summed E-state index contributed by atoms with van der Waals surface area (Å²) in [6.45, 7) is 2.13. The lowest BCUT2D eigenvalue weighted by atomic mass is 10.1. The molecule has 0 fully saturated rings. The average Bonchev–Trinajstić information content (AvgIpc) is 2.41. The molecule has 0 atom stereocenters. The Morgan fingerprint density at radius 1 is 1.62 bits per heavy atom. The molecular formula is C11H13BrO. The molecule has 0 aromatic carbocycles. The molecule has 0 aromatic rings. The minimum atomic E-state index is 0.155. The minimum absolute atomic E-state index is 0.155. The molecule has 1 rings (SSSR count). The average molecular weight is 241 g/mol. The van der Waals surface area contributed by atoms with Crippen LogP contribution in [0, 0.1) is 0 Å². The molecule has 2 heteroatoms. The summed E-state index contributed by atoms with van der Waals surface area (Å²) in [5, 5.41) is 0.407. The fraction of sp³-hybridized carbons (Fsp3) is 0.364. The van der Waals surface area contributed by atoms with Crippen LogP contribution < -0.4 is 0 Å². The van der Waals surface area contributed by atoms with E-state index in [0.717, 1.165) is 18.4 Å². The summed E-state index contributed by atoms with van der Waals surface area (Å²) in [6.07, 6.45) is 9.88. The van der Waals surface area contributed by atoms with Crippen molar-refractivity contribution in [3.05, 3.63) is 35.5 Å². The zero-order valence-corrected chi connectivity index (χ0v) is 9.30. The topological polar surface area (TPSA) is 17.1 Å². The third-order valence-corrected chi connectivity index (χ3v) is 2.60. The molecule has 0 N–H and O–H groups in total. The van der Waals surface area contributed by atoms with Gasteiger partial charge in [-0.2, -0.15) is 0 Å². The van der Waals surface area contributed by atoms with Gasteiger partial charge in [-0.05, 0) is 12.8 Å². The summed E-state index contributed by atoms with van der Waals surface area (Å²) in [4.78, 5) is 11.3. The van der Waals surface area contributed by atoms with Gasteiger partial charge in [0.2, 0.25) is 0 Å². The van der Waals surface area contributed by atoms with E-state index in [4.69, 9.17) is 0 Å². The Morgan fingerprint density at radius 3 is 3.00 bits per heavy atom. The lowest BCUT2D eigenvalue weighted by Gasteiger charge is -1.97. The van der Waals surface area contributed by atoms with E-state index in [-0.39, 0.29) is 5.78 Å². The van der Waals surface area contributed by atoms with Crippen molar-refractivity contribution in [3.8, 4) is 0 Å². The van der Waals surface area contributed by atoms with Crippen LogP contribution in [0.15, 0.2) is 35.5 Å². The van der Waals surface area contributed by atoms with Crippen molar-refractivity contribution < 1.29 is 4.79 Å². The molecule has 0 spiro atoms. The molecule has 0 unspecified atom stereocenters. The zero-order chi connectivity index (χ0) is 9.68. The molecule has 1 nitrogen and oxygen atoms in total. The quantitative estimate of drug-likeness (QED) is 0.693. The molecule has 1 aliphatic rings. The summed E-state index contributed by atoms with van der Waals surface area (Å²) >= 11 is 3.17. The highest BCUT2D eigenvalue weighted by atomic mass is 79.9. The number of halogens is 1. The first kappa shape index (κ1) is 10.5. The smallest absolute Gasteiger partial charge is 0.173 e. The van der Waals surface area contributed by atoms with Crippen LogP contribution in [0.5, 0.6) is 0 Å². The normalized spacial score (nSPS) is 16.2. The number of allylic oxidation sites excluding steroid dienone is 6. The maximum Gasteiger partial charge on any atom is 0.173 e. The van der Waals surface area contributed by atoms with Gasteiger partial charge in [-0.15, -0.1) is 0 Å². The van der Waals surface area contributed by atoms with Gasteiger partial charge in [-0.25, -0.2) is 0 Å². The second-order valence-electron chi connectivity index (χ2n) is 2.96. The number of hydrogen-bond acceptors (Lipinski definition) is 1. The first-order valence-corrected chi connectivity index (χ1v) is 5.55. The number of alkyl halides is 1. The molecule has 0 bridgehead atoms. The maximum absolute atomic E-state index is 11.3. The van der Waals surface area contributed by atoms with E-state index in [1.165, 1.54) is 5.57 Å². The van der Waals surface area contributed by atoms with E-state index >= 15 is 0 Å². The van der Waals surface area contributed by atoms with Crippen LogP contribution >= 0.6 is 15.9 Å². The SMILES string of the molecule is CCC1=CC=CC(C(=O)CBr)=CC1. The summed E-state index contributed by atoms with van der Waals surface area (Å²) in [7, 11) is 0. The fourth-order valence-electron chi connectivity index (χ4n) is 1.21. The Bertz CT molecular complexity index is 284. The summed E-state index contributed by atoms with van der Waals surface area (Å²) in [6, 6.07) is 0. The molecule has 0 aromatic heterocycles. The van der Waals surface area contributed by atoms with Gasteiger partial charge < -0.3 is 0 Å². The molecule has 1 aliphatic carbocycles. The Labute approximate surface area is 87.3 Å². The van der Waals surface area contributed by atoms with Crippen LogP contribution in [0.3, 0.4) is 0 Å². The van der Waals surface area contributed by atoms with Crippen molar-refractivity contribution in [2.75, 3.05) is 5.33 Å². The molecule has 0 saturated heterocycles. The van der Waals surface area contributed by atoms with E-state index in [2.05, 4.69) is 28.9 Å². The van der Waals surface area contributed by atoms with Gasteiger partial charge in [-0.1, -0.05) is 52.7 Å². The summed E-state index contributed by atoms with van der Waals surface area (Å²) < 4.78 is 0. The third kappa shape index (κ3) is 2.96. The lowest BCUT2D eigenvalue weighted by Crippen LogP contribution is -2.00. The van der Waals surface area contributed by atoms with E-state index in [9.17, 15) is 4.79 Å². The van der Waals surface area contributed by atoms with Gasteiger partial charge >= 0.3 is 0 Å². The molecule has 0 aliphatic heterocycles. The predicted octanol–water partition coefficient (Wildman–Crippen LogP) is 3.17. The second kappa shape index (κ2) is 5.18. The van der Waals surface area contributed by atoms with Gasteiger partial charge in [-0.3, -0.25) is 4.79 Å². The number of ketones is 1. The molecular weight excluding hydrogens is 228 g/mol. The Hall–Kier alpha value is -0.630. The Morgan fingerprint density at radius 2 is 2.38 bits per heavy atom. The van der Waals surface area contributed by atoms with Crippen molar-refractivity contribution in [1.29, 1.82) is 0 Å². The fourth-order valence-corrected chi connectivity index (χ4v) is 1.53. The summed E-state index contributed by atoms with van der Waals surface area (Å²) in [5.41, 5.74) is 2.19. The molecule has 0 heterocycles. The van der Waals surface area contributed by atoms with Crippen LogP contribution in [0.1, 0.15) is 19.8 Å². The highest BCUT2D eigenvalue weighted by molar-refractivity contribution is 9.09. The number of hydrogen-bond donors (Lipinski definition) is 0. The Kier molecular flexibility index (Phi) is 4.16. The van der Waals surface area contributed by atoms with E-state index in [1.54, 1.807) is 0 Å². The zero-order valence-electron chi connectivity index (χ0n) is 7.72. The second-order valence-corrected chi connectivity index (χ2v) is 3.52. The van der Waals surface area contributed by atoms with Crippen molar-refractivity contribution >= 4 is 21.7 Å². The maximum atomic E-state index is 11.3.